The van der Waals surface area contributed by atoms with E-state index in [1.165, 1.54) is 6.07 Å². The quantitative estimate of drug-likeness (QED) is 0.641. The SMILES string of the molecule is Cc1ccc(NCC2(O)CCOC2C)c([N+](=O)[O-])c1. The molecular formula is C13H18N2O4. The van der Waals surface area contributed by atoms with Crippen molar-refractivity contribution in [3.63, 3.8) is 0 Å². The highest BCUT2D eigenvalue weighted by atomic mass is 16.6. The Labute approximate surface area is 111 Å². The van der Waals surface area contributed by atoms with Gasteiger partial charge < -0.3 is 15.2 Å². The fourth-order valence-electron chi connectivity index (χ4n) is 2.19. The average Bonchev–Trinajstić information content (AvgIpc) is 2.68. The molecule has 6 nitrogen and oxygen atoms in total. The van der Waals surface area contributed by atoms with E-state index in [0.29, 0.717) is 18.7 Å². The number of nitrogens with one attached hydrogen (secondary N) is 1. The molecule has 104 valence electrons. The van der Waals surface area contributed by atoms with Crippen molar-refractivity contribution >= 4 is 11.4 Å². The molecule has 1 aliphatic heterocycles. The van der Waals surface area contributed by atoms with E-state index in [-0.39, 0.29) is 18.3 Å². The van der Waals surface area contributed by atoms with Crippen molar-refractivity contribution in [3.05, 3.63) is 33.9 Å². The molecule has 0 bridgehead atoms. The van der Waals surface area contributed by atoms with E-state index in [0.717, 1.165) is 5.56 Å². The smallest absolute Gasteiger partial charge is 0.292 e. The summed E-state index contributed by atoms with van der Waals surface area (Å²) in [6.45, 7) is 4.35. The summed E-state index contributed by atoms with van der Waals surface area (Å²) in [4.78, 5) is 10.6. The predicted molar refractivity (Wildman–Crippen MR) is 71.3 cm³/mol. The van der Waals surface area contributed by atoms with Gasteiger partial charge in [0.05, 0.1) is 11.0 Å². The maximum atomic E-state index is 11.0. The summed E-state index contributed by atoms with van der Waals surface area (Å²) in [7, 11) is 0. The Kier molecular flexibility index (Phi) is 3.73. The van der Waals surface area contributed by atoms with E-state index < -0.39 is 10.5 Å². The third-order valence-corrected chi connectivity index (χ3v) is 3.59. The molecule has 2 rings (SSSR count). The summed E-state index contributed by atoms with van der Waals surface area (Å²) in [5, 5.41) is 24.3. The van der Waals surface area contributed by atoms with Gasteiger partial charge in [-0.1, -0.05) is 6.07 Å². The molecule has 2 unspecified atom stereocenters. The number of ether oxygens (including phenoxy) is 1. The van der Waals surface area contributed by atoms with Crippen LogP contribution in [0, 0.1) is 17.0 Å². The Bertz CT molecular complexity index is 492. The largest absolute Gasteiger partial charge is 0.385 e. The van der Waals surface area contributed by atoms with E-state index >= 15 is 0 Å². The maximum Gasteiger partial charge on any atom is 0.292 e. The molecule has 19 heavy (non-hydrogen) atoms. The molecule has 2 atom stereocenters. The summed E-state index contributed by atoms with van der Waals surface area (Å²) in [5.41, 5.74) is 0.297. The molecule has 0 aromatic heterocycles. The van der Waals surface area contributed by atoms with Crippen molar-refractivity contribution < 1.29 is 14.8 Å². The Balaban J connectivity index is 2.13. The molecule has 0 saturated carbocycles. The van der Waals surface area contributed by atoms with Gasteiger partial charge in [-0.15, -0.1) is 0 Å². The van der Waals surface area contributed by atoms with Crippen molar-refractivity contribution in [1.82, 2.24) is 0 Å². The summed E-state index contributed by atoms with van der Waals surface area (Å²) in [6, 6.07) is 4.98. The number of aliphatic hydroxyl groups is 1. The van der Waals surface area contributed by atoms with Crippen molar-refractivity contribution in [3.8, 4) is 0 Å². The summed E-state index contributed by atoms with van der Waals surface area (Å²) in [6.07, 6.45) is 0.255. The lowest BCUT2D eigenvalue weighted by Gasteiger charge is -2.26. The van der Waals surface area contributed by atoms with Crippen LogP contribution < -0.4 is 5.32 Å². The van der Waals surface area contributed by atoms with Gasteiger partial charge in [-0.25, -0.2) is 0 Å². The van der Waals surface area contributed by atoms with Gasteiger partial charge in [-0.3, -0.25) is 10.1 Å². The van der Waals surface area contributed by atoms with Gasteiger partial charge in [0, 0.05) is 25.6 Å². The minimum absolute atomic E-state index is 0.0233. The van der Waals surface area contributed by atoms with E-state index in [9.17, 15) is 15.2 Å². The molecule has 0 aliphatic carbocycles. The second-order valence-corrected chi connectivity index (χ2v) is 5.00. The first kappa shape index (κ1) is 13.8. The van der Waals surface area contributed by atoms with Gasteiger partial charge in [-0.2, -0.15) is 0 Å². The molecule has 1 aromatic rings. The molecule has 2 N–H and O–H groups in total. The van der Waals surface area contributed by atoms with E-state index in [4.69, 9.17) is 4.74 Å². The van der Waals surface area contributed by atoms with Gasteiger partial charge >= 0.3 is 0 Å². The summed E-state index contributed by atoms with van der Waals surface area (Å²) in [5.74, 6) is 0. The number of nitro groups is 1. The Morgan fingerprint density at radius 1 is 1.63 bits per heavy atom. The topological polar surface area (TPSA) is 84.6 Å². The molecule has 1 heterocycles. The third-order valence-electron chi connectivity index (χ3n) is 3.59. The normalized spacial score (nSPS) is 26.4. The van der Waals surface area contributed by atoms with E-state index in [1.807, 2.05) is 0 Å². The van der Waals surface area contributed by atoms with Crippen LogP contribution in [-0.4, -0.2) is 34.9 Å². The van der Waals surface area contributed by atoms with E-state index in [1.54, 1.807) is 26.0 Å². The van der Waals surface area contributed by atoms with Gasteiger partial charge in [0.2, 0.25) is 0 Å². The molecule has 0 spiro atoms. The van der Waals surface area contributed by atoms with Crippen LogP contribution >= 0.6 is 0 Å². The Morgan fingerprint density at radius 3 is 2.95 bits per heavy atom. The first-order chi connectivity index (χ1) is 8.92. The average molecular weight is 266 g/mol. The first-order valence-electron chi connectivity index (χ1n) is 6.25. The van der Waals surface area contributed by atoms with Gasteiger partial charge in [0.15, 0.2) is 0 Å². The number of benzene rings is 1. The monoisotopic (exact) mass is 266 g/mol. The zero-order valence-electron chi connectivity index (χ0n) is 11.0. The third kappa shape index (κ3) is 2.85. The van der Waals surface area contributed by atoms with Gasteiger partial charge in [0.1, 0.15) is 11.3 Å². The molecule has 1 aliphatic rings. The molecule has 1 aromatic carbocycles. The number of rotatable bonds is 4. The number of aryl methyl sites for hydroxylation is 1. The summed E-state index contributed by atoms with van der Waals surface area (Å²) >= 11 is 0. The highest BCUT2D eigenvalue weighted by Gasteiger charge is 2.39. The fourth-order valence-corrected chi connectivity index (χ4v) is 2.19. The fraction of sp³-hybridized carbons (Fsp3) is 0.538. The van der Waals surface area contributed by atoms with Crippen LogP contribution in [0.25, 0.3) is 0 Å². The van der Waals surface area contributed by atoms with Gasteiger partial charge in [-0.05, 0) is 25.5 Å². The van der Waals surface area contributed by atoms with E-state index in [2.05, 4.69) is 5.32 Å². The molecular weight excluding hydrogens is 248 g/mol. The minimum Gasteiger partial charge on any atom is -0.385 e. The van der Waals surface area contributed by atoms with Crippen LogP contribution in [0.2, 0.25) is 0 Å². The maximum absolute atomic E-state index is 11.0. The van der Waals surface area contributed by atoms with Crippen molar-refractivity contribution in [2.24, 2.45) is 0 Å². The first-order valence-corrected chi connectivity index (χ1v) is 6.25. The standard InChI is InChI=1S/C13H18N2O4/c1-9-3-4-11(12(7-9)15(17)18)14-8-13(16)5-6-19-10(13)2/h3-4,7,10,14,16H,5-6,8H2,1-2H3. The molecule has 1 fully saturated rings. The van der Waals surface area contributed by atoms with Crippen LogP contribution in [0.5, 0.6) is 0 Å². The predicted octanol–water partition coefficient (Wildman–Crippen LogP) is 1.86. The number of anilines is 1. The lowest BCUT2D eigenvalue weighted by Crippen LogP contribution is -2.43. The second kappa shape index (κ2) is 5.14. The number of hydrogen-bond acceptors (Lipinski definition) is 5. The zero-order chi connectivity index (χ0) is 14.0. The number of nitrogens with zero attached hydrogens (tertiary/aromatic N) is 1. The van der Waals surface area contributed by atoms with Crippen molar-refractivity contribution in [2.75, 3.05) is 18.5 Å². The minimum atomic E-state index is -0.973. The van der Waals surface area contributed by atoms with Crippen LogP contribution in [0.1, 0.15) is 18.9 Å². The van der Waals surface area contributed by atoms with Gasteiger partial charge in [0.25, 0.3) is 5.69 Å². The molecule has 0 radical (unpaired) electrons. The molecule has 1 saturated heterocycles. The second-order valence-electron chi connectivity index (χ2n) is 5.00. The number of nitro benzene ring substituents is 1. The van der Waals surface area contributed by atoms with Crippen LogP contribution in [-0.2, 0) is 4.74 Å². The molecule has 0 amide bonds. The summed E-state index contributed by atoms with van der Waals surface area (Å²) < 4.78 is 5.33. The van der Waals surface area contributed by atoms with Crippen LogP contribution in [0.3, 0.4) is 0 Å². The van der Waals surface area contributed by atoms with Crippen molar-refractivity contribution in [1.29, 1.82) is 0 Å². The van der Waals surface area contributed by atoms with Crippen LogP contribution in [0.4, 0.5) is 11.4 Å². The Hall–Kier alpha value is -1.66. The Morgan fingerprint density at radius 2 is 2.37 bits per heavy atom. The molecule has 6 heteroatoms. The highest BCUT2D eigenvalue weighted by Crippen LogP contribution is 2.29. The number of hydrogen-bond donors (Lipinski definition) is 2. The van der Waals surface area contributed by atoms with Crippen LogP contribution in [0.15, 0.2) is 18.2 Å². The van der Waals surface area contributed by atoms with Crippen molar-refractivity contribution in [2.45, 2.75) is 32.0 Å². The lowest BCUT2D eigenvalue weighted by molar-refractivity contribution is -0.384. The lowest BCUT2D eigenvalue weighted by atomic mass is 9.96. The highest BCUT2D eigenvalue weighted by molar-refractivity contribution is 5.62. The zero-order valence-corrected chi connectivity index (χ0v) is 11.0.